The number of rotatable bonds is 10. The first-order chi connectivity index (χ1) is 15.7. The quantitative estimate of drug-likeness (QED) is 0.273. The first kappa shape index (κ1) is 29.4. The normalized spacial score (nSPS) is 15.8. The van der Waals surface area contributed by atoms with Crippen molar-refractivity contribution in [2.75, 3.05) is 14.1 Å². The maximum Gasteiger partial charge on any atom is 0.245 e. The highest BCUT2D eigenvalue weighted by atomic mass is 16.4. The molecule has 2 amide bonds. The molecule has 0 aliphatic heterocycles. The van der Waals surface area contributed by atoms with Gasteiger partial charge in [0.05, 0.1) is 18.3 Å². The van der Waals surface area contributed by atoms with E-state index in [0.717, 1.165) is 11.1 Å². The van der Waals surface area contributed by atoms with Crippen molar-refractivity contribution in [3.8, 4) is 0 Å². The van der Waals surface area contributed by atoms with Gasteiger partial charge in [-0.1, -0.05) is 90.0 Å². The number of allylic oxidation sites excluding steroid dienone is 1. The maximum absolute atomic E-state index is 13.7. The Labute approximate surface area is 205 Å². The van der Waals surface area contributed by atoms with Crippen LogP contribution in [-0.2, 0) is 15.0 Å². The van der Waals surface area contributed by atoms with Crippen LogP contribution in [0.4, 0.5) is 0 Å². The van der Waals surface area contributed by atoms with Crippen molar-refractivity contribution < 1.29 is 14.8 Å². The van der Waals surface area contributed by atoms with E-state index in [1.807, 2.05) is 91.8 Å². The number of oxime groups is 1. The van der Waals surface area contributed by atoms with Crippen molar-refractivity contribution in [2.24, 2.45) is 16.5 Å². The van der Waals surface area contributed by atoms with Gasteiger partial charge in [0.15, 0.2) is 0 Å². The Bertz CT molecular complexity index is 870. The fourth-order valence-electron chi connectivity index (χ4n) is 4.23. The lowest BCUT2D eigenvalue weighted by molar-refractivity contribution is -0.140. The van der Waals surface area contributed by atoms with Gasteiger partial charge in [0, 0.05) is 12.5 Å². The van der Waals surface area contributed by atoms with Gasteiger partial charge >= 0.3 is 0 Å². The number of nitrogens with one attached hydrogen (secondary N) is 2. The average molecular weight is 473 g/mol. The number of amides is 2. The molecule has 190 valence electrons. The van der Waals surface area contributed by atoms with Crippen LogP contribution in [0.3, 0.4) is 0 Å². The topological polar surface area (TPSA) is 94.0 Å². The summed E-state index contributed by atoms with van der Waals surface area (Å²) in [6.07, 6.45) is 3.25. The van der Waals surface area contributed by atoms with E-state index in [1.165, 1.54) is 6.21 Å². The zero-order valence-corrected chi connectivity index (χ0v) is 22.5. The first-order valence-corrected chi connectivity index (χ1v) is 11.8. The lowest BCUT2D eigenvalue weighted by Crippen LogP contribution is -2.61. The van der Waals surface area contributed by atoms with E-state index in [-0.39, 0.29) is 23.8 Å². The Hall–Kier alpha value is -2.67. The molecule has 3 N–H and O–H groups in total. The molecule has 0 aromatic heterocycles. The minimum absolute atomic E-state index is 0.120. The number of nitrogens with zero attached hydrogens (tertiary/aromatic N) is 2. The number of carbonyl (C=O) groups is 2. The van der Waals surface area contributed by atoms with Crippen LogP contribution < -0.4 is 10.6 Å². The predicted molar refractivity (Wildman–Crippen MR) is 139 cm³/mol. The molecule has 0 spiro atoms. The summed E-state index contributed by atoms with van der Waals surface area (Å²) in [5.41, 5.74) is 0.771. The summed E-state index contributed by atoms with van der Waals surface area (Å²) in [4.78, 5) is 28.9. The van der Waals surface area contributed by atoms with Crippen LogP contribution in [0.1, 0.15) is 61.0 Å². The summed E-state index contributed by atoms with van der Waals surface area (Å²) in [6, 6.07) is 8.39. The van der Waals surface area contributed by atoms with E-state index < -0.39 is 22.9 Å². The number of hydrogen-bond acceptors (Lipinski definition) is 5. The lowest BCUT2D eigenvalue weighted by atomic mass is 9.76. The molecule has 34 heavy (non-hydrogen) atoms. The molecule has 0 fully saturated rings. The molecule has 0 heterocycles. The third-order valence-electron chi connectivity index (χ3n) is 6.36. The van der Waals surface area contributed by atoms with E-state index >= 15 is 0 Å². The van der Waals surface area contributed by atoms with Crippen LogP contribution in [0.5, 0.6) is 0 Å². The van der Waals surface area contributed by atoms with Crippen molar-refractivity contribution in [1.82, 2.24) is 15.5 Å². The largest absolute Gasteiger partial charge is 0.411 e. The van der Waals surface area contributed by atoms with Crippen molar-refractivity contribution in [1.29, 1.82) is 0 Å². The molecular formula is C27H44N4O3. The second-order valence-electron chi connectivity index (χ2n) is 11.0. The Morgan fingerprint density at radius 2 is 1.62 bits per heavy atom. The summed E-state index contributed by atoms with van der Waals surface area (Å²) >= 11 is 0. The molecule has 1 rings (SSSR count). The van der Waals surface area contributed by atoms with Gasteiger partial charge in [-0.05, 0) is 36.4 Å². The summed E-state index contributed by atoms with van der Waals surface area (Å²) in [5, 5.41) is 18.1. The van der Waals surface area contributed by atoms with E-state index in [9.17, 15) is 9.59 Å². The van der Waals surface area contributed by atoms with Crippen LogP contribution >= 0.6 is 0 Å². The monoisotopic (exact) mass is 472 g/mol. The second kappa shape index (κ2) is 12.2. The standard InChI is InChI=1S/C27H44N4O3/c1-18(2)21(16-19(3)17-29-34)31(10)25(33)23(26(4,5)6)30-24(32)22(28-9)27(7,8)20-14-12-11-13-15-20/h11-18,21-23,28,34H,1-10H3,(H,30,32)/b19-16+,29-17?/t21-,22-,23-/m1/s1. The van der Waals surface area contributed by atoms with Crippen LogP contribution in [0, 0.1) is 11.3 Å². The van der Waals surface area contributed by atoms with Gasteiger partial charge in [0.1, 0.15) is 6.04 Å². The van der Waals surface area contributed by atoms with Gasteiger partial charge in [0.25, 0.3) is 0 Å². The first-order valence-electron chi connectivity index (χ1n) is 11.8. The smallest absolute Gasteiger partial charge is 0.245 e. The molecule has 0 bridgehead atoms. The van der Waals surface area contributed by atoms with E-state index in [2.05, 4.69) is 15.8 Å². The van der Waals surface area contributed by atoms with E-state index in [4.69, 9.17) is 5.21 Å². The number of carbonyl (C=O) groups excluding carboxylic acids is 2. The van der Waals surface area contributed by atoms with Crippen LogP contribution in [0.2, 0.25) is 0 Å². The summed E-state index contributed by atoms with van der Waals surface area (Å²) in [7, 11) is 3.52. The maximum atomic E-state index is 13.7. The number of likely N-dealkylation sites (N-methyl/N-ethyl adjacent to an activating group) is 2. The van der Waals surface area contributed by atoms with Gasteiger partial charge in [0.2, 0.25) is 11.8 Å². The minimum atomic E-state index is -0.728. The number of benzene rings is 1. The molecular weight excluding hydrogens is 428 g/mol. The van der Waals surface area contributed by atoms with Crippen LogP contribution in [0.25, 0.3) is 0 Å². The molecule has 0 saturated heterocycles. The predicted octanol–water partition coefficient (Wildman–Crippen LogP) is 3.97. The lowest BCUT2D eigenvalue weighted by Gasteiger charge is -2.40. The third kappa shape index (κ3) is 7.42. The van der Waals surface area contributed by atoms with Gasteiger partial charge in [-0.25, -0.2) is 0 Å². The van der Waals surface area contributed by atoms with Crippen molar-refractivity contribution in [3.05, 3.63) is 47.5 Å². The fraction of sp³-hybridized carbons (Fsp3) is 0.593. The molecule has 7 heteroatoms. The summed E-state index contributed by atoms with van der Waals surface area (Å²) < 4.78 is 0. The highest BCUT2D eigenvalue weighted by Gasteiger charge is 2.41. The molecule has 0 aliphatic rings. The second-order valence-corrected chi connectivity index (χ2v) is 11.0. The molecule has 1 aromatic carbocycles. The third-order valence-corrected chi connectivity index (χ3v) is 6.36. The van der Waals surface area contributed by atoms with Crippen LogP contribution in [-0.4, -0.2) is 60.4 Å². The highest BCUT2D eigenvalue weighted by Crippen LogP contribution is 2.29. The van der Waals surface area contributed by atoms with E-state index in [0.29, 0.717) is 0 Å². The minimum Gasteiger partial charge on any atom is -0.411 e. The molecule has 0 saturated carbocycles. The number of hydrogen-bond donors (Lipinski definition) is 3. The Balaban J connectivity index is 3.27. The fourth-order valence-corrected chi connectivity index (χ4v) is 4.23. The Morgan fingerprint density at radius 1 is 1.06 bits per heavy atom. The average Bonchev–Trinajstić information content (AvgIpc) is 2.75. The van der Waals surface area contributed by atoms with Gasteiger partial charge in [-0.2, -0.15) is 0 Å². The SMILES string of the molecule is CN[C@H](C(=O)N[C@H](C(=O)N(C)[C@H](/C=C(\C)C=NO)C(C)C)C(C)(C)C)C(C)(C)c1ccccc1. The van der Waals surface area contributed by atoms with Crippen molar-refractivity contribution in [2.45, 2.75) is 78.9 Å². The molecule has 0 radical (unpaired) electrons. The van der Waals surface area contributed by atoms with Crippen molar-refractivity contribution in [3.63, 3.8) is 0 Å². The molecule has 7 nitrogen and oxygen atoms in total. The molecule has 0 aliphatic carbocycles. The highest BCUT2D eigenvalue weighted by molar-refractivity contribution is 5.91. The summed E-state index contributed by atoms with van der Waals surface area (Å²) in [6.45, 7) is 15.8. The van der Waals surface area contributed by atoms with E-state index in [1.54, 1.807) is 19.0 Å². The molecule has 3 atom stereocenters. The molecule has 1 aromatic rings. The Morgan fingerprint density at radius 3 is 2.06 bits per heavy atom. The zero-order valence-electron chi connectivity index (χ0n) is 22.5. The van der Waals surface area contributed by atoms with Crippen LogP contribution in [0.15, 0.2) is 47.1 Å². The van der Waals surface area contributed by atoms with Gasteiger partial charge in [-0.15, -0.1) is 0 Å². The summed E-state index contributed by atoms with van der Waals surface area (Å²) in [5.74, 6) is -0.274. The Kier molecular flexibility index (Phi) is 10.5. The van der Waals surface area contributed by atoms with Crippen molar-refractivity contribution >= 4 is 18.0 Å². The molecule has 0 unspecified atom stereocenters. The van der Waals surface area contributed by atoms with Gasteiger partial charge in [-0.3, -0.25) is 9.59 Å². The zero-order chi connectivity index (χ0) is 26.3. The van der Waals surface area contributed by atoms with Gasteiger partial charge < -0.3 is 20.7 Å².